The summed E-state index contributed by atoms with van der Waals surface area (Å²) in [6.07, 6.45) is 5.49. The van der Waals surface area contributed by atoms with Gasteiger partial charge in [0.1, 0.15) is 6.10 Å². The molecule has 1 atom stereocenters. The van der Waals surface area contributed by atoms with Gasteiger partial charge in [0, 0.05) is 24.9 Å². The van der Waals surface area contributed by atoms with Crippen LogP contribution in [0.3, 0.4) is 0 Å². The molecular formula is C20H23NO3. The van der Waals surface area contributed by atoms with Gasteiger partial charge in [0.15, 0.2) is 5.79 Å². The van der Waals surface area contributed by atoms with Crippen LogP contribution in [0.4, 0.5) is 0 Å². The lowest BCUT2D eigenvalue weighted by Gasteiger charge is -2.31. The standard InChI is InChI=1S/C20H23NO3/c22-19(17-9-8-15-6-2-3-7-16(15)12-17)21-13-18-14-23-20(24-18)10-4-1-5-11-20/h2-3,6-9,12,18H,1,4-5,10-11,13-14H2,(H,21,22)/t18-/m1/s1. The molecule has 4 rings (SSSR count). The zero-order valence-electron chi connectivity index (χ0n) is 13.8. The van der Waals surface area contributed by atoms with E-state index in [0.717, 1.165) is 36.5 Å². The lowest BCUT2D eigenvalue weighted by molar-refractivity contribution is -0.186. The lowest BCUT2D eigenvalue weighted by atomic mass is 9.94. The molecule has 1 heterocycles. The summed E-state index contributed by atoms with van der Waals surface area (Å²) in [5.74, 6) is -0.440. The maximum Gasteiger partial charge on any atom is 0.251 e. The number of amides is 1. The van der Waals surface area contributed by atoms with Gasteiger partial charge in [0.2, 0.25) is 0 Å². The van der Waals surface area contributed by atoms with Crippen LogP contribution >= 0.6 is 0 Å². The van der Waals surface area contributed by atoms with Crippen LogP contribution < -0.4 is 5.32 Å². The first kappa shape index (κ1) is 15.6. The maximum absolute atomic E-state index is 12.4. The van der Waals surface area contributed by atoms with Gasteiger partial charge in [-0.3, -0.25) is 4.79 Å². The largest absolute Gasteiger partial charge is 0.349 e. The van der Waals surface area contributed by atoms with Crippen LogP contribution in [-0.2, 0) is 9.47 Å². The highest BCUT2D eigenvalue weighted by Gasteiger charge is 2.42. The number of carbonyl (C=O) groups is 1. The fraction of sp³-hybridized carbons (Fsp3) is 0.450. The number of hydrogen-bond acceptors (Lipinski definition) is 3. The zero-order chi connectivity index (χ0) is 16.4. The van der Waals surface area contributed by atoms with Gasteiger partial charge in [-0.25, -0.2) is 0 Å². The average Bonchev–Trinajstić information content (AvgIpc) is 3.02. The number of fused-ring (bicyclic) bond motifs is 1. The molecule has 0 bridgehead atoms. The van der Waals surface area contributed by atoms with Crippen molar-refractivity contribution in [2.24, 2.45) is 0 Å². The van der Waals surface area contributed by atoms with Gasteiger partial charge >= 0.3 is 0 Å². The first-order chi connectivity index (χ1) is 11.7. The van der Waals surface area contributed by atoms with Crippen LogP contribution in [0, 0.1) is 0 Å². The molecule has 24 heavy (non-hydrogen) atoms. The maximum atomic E-state index is 12.4. The monoisotopic (exact) mass is 325 g/mol. The Kier molecular flexibility index (Phi) is 4.25. The predicted molar refractivity (Wildman–Crippen MR) is 92.9 cm³/mol. The summed E-state index contributed by atoms with van der Waals surface area (Å²) in [5, 5.41) is 5.20. The van der Waals surface area contributed by atoms with E-state index in [0.29, 0.717) is 18.7 Å². The molecule has 1 N–H and O–H groups in total. The van der Waals surface area contributed by atoms with Gasteiger partial charge in [0.05, 0.1) is 6.61 Å². The molecule has 0 radical (unpaired) electrons. The molecule has 1 saturated heterocycles. The van der Waals surface area contributed by atoms with E-state index in [4.69, 9.17) is 9.47 Å². The van der Waals surface area contributed by atoms with Gasteiger partial charge < -0.3 is 14.8 Å². The number of carbonyl (C=O) groups excluding carboxylic acids is 1. The van der Waals surface area contributed by atoms with Crippen molar-refractivity contribution in [2.45, 2.75) is 44.0 Å². The fourth-order valence-electron chi connectivity index (χ4n) is 3.71. The second kappa shape index (κ2) is 6.54. The summed E-state index contributed by atoms with van der Waals surface area (Å²) in [5.41, 5.74) is 0.681. The van der Waals surface area contributed by atoms with E-state index in [1.165, 1.54) is 6.42 Å². The van der Waals surface area contributed by atoms with Crippen molar-refractivity contribution in [3.05, 3.63) is 48.0 Å². The Labute approximate surface area is 142 Å². The van der Waals surface area contributed by atoms with Crippen molar-refractivity contribution in [3.8, 4) is 0 Å². The Balaban J connectivity index is 1.36. The molecule has 4 nitrogen and oxygen atoms in total. The van der Waals surface area contributed by atoms with Gasteiger partial charge in [-0.15, -0.1) is 0 Å². The first-order valence-electron chi connectivity index (χ1n) is 8.83. The van der Waals surface area contributed by atoms with Crippen LogP contribution in [0.2, 0.25) is 0 Å². The van der Waals surface area contributed by atoms with Crippen molar-refractivity contribution >= 4 is 16.7 Å². The first-order valence-corrected chi connectivity index (χ1v) is 8.83. The van der Waals surface area contributed by atoms with Crippen LogP contribution in [0.5, 0.6) is 0 Å². The summed E-state index contributed by atoms with van der Waals surface area (Å²) in [7, 11) is 0. The number of hydrogen-bond donors (Lipinski definition) is 1. The Morgan fingerprint density at radius 3 is 2.71 bits per heavy atom. The molecule has 2 aromatic carbocycles. The van der Waals surface area contributed by atoms with Crippen molar-refractivity contribution in [2.75, 3.05) is 13.2 Å². The highest BCUT2D eigenvalue weighted by molar-refractivity contribution is 5.98. The molecule has 1 aliphatic heterocycles. The summed E-state index contributed by atoms with van der Waals surface area (Å²) >= 11 is 0. The average molecular weight is 325 g/mol. The normalized spacial score (nSPS) is 22.8. The Hall–Kier alpha value is -1.91. The van der Waals surface area contributed by atoms with E-state index in [-0.39, 0.29) is 17.8 Å². The van der Waals surface area contributed by atoms with Crippen LogP contribution in [0.1, 0.15) is 42.5 Å². The van der Waals surface area contributed by atoms with Crippen molar-refractivity contribution < 1.29 is 14.3 Å². The minimum Gasteiger partial charge on any atom is -0.349 e. The molecule has 2 aromatic rings. The topological polar surface area (TPSA) is 47.6 Å². The molecule has 0 aromatic heterocycles. The van der Waals surface area contributed by atoms with E-state index in [9.17, 15) is 4.79 Å². The van der Waals surface area contributed by atoms with E-state index >= 15 is 0 Å². The molecule has 2 fully saturated rings. The van der Waals surface area contributed by atoms with Crippen molar-refractivity contribution in [1.29, 1.82) is 0 Å². The quantitative estimate of drug-likeness (QED) is 0.937. The summed E-state index contributed by atoms with van der Waals surface area (Å²) in [4.78, 5) is 12.4. The summed E-state index contributed by atoms with van der Waals surface area (Å²) in [6.45, 7) is 1.06. The third-order valence-electron chi connectivity index (χ3n) is 5.03. The number of benzene rings is 2. The smallest absolute Gasteiger partial charge is 0.251 e. The highest BCUT2D eigenvalue weighted by Crippen LogP contribution is 2.37. The molecule has 1 aliphatic carbocycles. The molecule has 1 saturated carbocycles. The van der Waals surface area contributed by atoms with Gasteiger partial charge in [0.25, 0.3) is 5.91 Å². The summed E-state index contributed by atoms with van der Waals surface area (Å²) in [6, 6.07) is 13.8. The SMILES string of the molecule is O=C(NC[C@@H]1COC2(CCCCC2)O1)c1ccc2ccccc2c1. The van der Waals surface area contributed by atoms with E-state index in [1.54, 1.807) is 0 Å². The molecule has 4 heteroatoms. The second-order valence-corrected chi connectivity index (χ2v) is 6.79. The zero-order valence-corrected chi connectivity index (χ0v) is 13.8. The molecule has 2 aliphatic rings. The third-order valence-corrected chi connectivity index (χ3v) is 5.03. The van der Waals surface area contributed by atoms with Gasteiger partial charge in [-0.2, -0.15) is 0 Å². The van der Waals surface area contributed by atoms with E-state index in [2.05, 4.69) is 5.32 Å². The minimum atomic E-state index is -0.378. The minimum absolute atomic E-state index is 0.0486. The predicted octanol–water partition coefficient (Wildman–Crippen LogP) is 3.65. The van der Waals surface area contributed by atoms with Gasteiger partial charge in [-0.1, -0.05) is 36.8 Å². The molecule has 1 amide bonds. The molecule has 126 valence electrons. The molecular weight excluding hydrogens is 302 g/mol. The van der Waals surface area contributed by atoms with Crippen LogP contribution in [-0.4, -0.2) is 30.9 Å². The highest BCUT2D eigenvalue weighted by atomic mass is 16.7. The Morgan fingerprint density at radius 1 is 1.08 bits per heavy atom. The Morgan fingerprint density at radius 2 is 1.88 bits per heavy atom. The third kappa shape index (κ3) is 3.17. The van der Waals surface area contributed by atoms with Crippen molar-refractivity contribution in [3.63, 3.8) is 0 Å². The number of ether oxygens (including phenoxy) is 2. The van der Waals surface area contributed by atoms with Crippen LogP contribution in [0.25, 0.3) is 10.8 Å². The lowest BCUT2D eigenvalue weighted by Crippen LogP contribution is -2.37. The number of nitrogens with one attached hydrogen (secondary N) is 1. The number of rotatable bonds is 3. The van der Waals surface area contributed by atoms with Crippen LogP contribution in [0.15, 0.2) is 42.5 Å². The van der Waals surface area contributed by atoms with Crippen molar-refractivity contribution in [1.82, 2.24) is 5.32 Å². The second-order valence-electron chi connectivity index (χ2n) is 6.79. The Bertz CT molecular complexity index is 736. The molecule has 0 unspecified atom stereocenters. The van der Waals surface area contributed by atoms with E-state index < -0.39 is 0 Å². The molecule has 1 spiro atoms. The van der Waals surface area contributed by atoms with E-state index in [1.807, 2.05) is 42.5 Å². The summed E-state index contributed by atoms with van der Waals surface area (Å²) < 4.78 is 12.0. The van der Waals surface area contributed by atoms with Gasteiger partial charge in [-0.05, 0) is 35.7 Å². The fourth-order valence-corrected chi connectivity index (χ4v) is 3.71.